The fourth-order valence-corrected chi connectivity index (χ4v) is 3.33. The van der Waals surface area contributed by atoms with Crippen molar-refractivity contribution in [3.05, 3.63) is 50.9 Å². The topological polar surface area (TPSA) is 68.0 Å². The van der Waals surface area contributed by atoms with E-state index < -0.39 is 0 Å². The highest BCUT2D eigenvalue weighted by Crippen LogP contribution is 2.23. The molecule has 132 valence electrons. The number of carbonyl (C=O) groups excluding carboxylic acids is 1. The summed E-state index contributed by atoms with van der Waals surface area (Å²) in [7, 11) is 0. The molecule has 0 fully saturated rings. The molecule has 1 aromatic carbocycles. The zero-order valence-corrected chi connectivity index (χ0v) is 16.2. The van der Waals surface area contributed by atoms with E-state index in [0.29, 0.717) is 25.2 Å². The molecule has 0 saturated carbocycles. The van der Waals surface area contributed by atoms with E-state index in [0.717, 1.165) is 22.0 Å². The maximum Gasteiger partial charge on any atom is 0.270 e. The Balaban J connectivity index is 0.00000288. The summed E-state index contributed by atoms with van der Waals surface area (Å²) in [5, 5.41) is 6.39. The van der Waals surface area contributed by atoms with Crippen molar-refractivity contribution in [1.29, 1.82) is 0 Å². The van der Waals surface area contributed by atoms with Crippen LogP contribution < -0.4 is 11.1 Å². The average molecular weight is 388 g/mol. The molecular weight excluding hydrogens is 365 g/mol. The SMILES string of the molecule is CC(C)(CNC(=O)c1csc(CCN)n1)Cc1cccc(Cl)c1.Cl. The number of hydrogen-bond acceptors (Lipinski definition) is 4. The van der Waals surface area contributed by atoms with Crippen LogP contribution in [0.25, 0.3) is 0 Å². The summed E-state index contributed by atoms with van der Waals surface area (Å²) in [5.41, 5.74) is 7.06. The van der Waals surface area contributed by atoms with Gasteiger partial charge < -0.3 is 11.1 Å². The van der Waals surface area contributed by atoms with Crippen LogP contribution in [0.15, 0.2) is 29.6 Å². The van der Waals surface area contributed by atoms with Gasteiger partial charge in [0.25, 0.3) is 5.91 Å². The highest BCUT2D eigenvalue weighted by atomic mass is 35.5. The van der Waals surface area contributed by atoms with E-state index in [2.05, 4.69) is 30.2 Å². The van der Waals surface area contributed by atoms with Crippen molar-refractivity contribution in [1.82, 2.24) is 10.3 Å². The standard InChI is InChI=1S/C17H22ClN3OS.ClH/c1-17(2,9-12-4-3-5-13(18)8-12)11-20-16(22)14-10-23-15(21-14)6-7-19;/h3-5,8,10H,6-7,9,11,19H2,1-2H3,(H,20,22);1H. The van der Waals surface area contributed by atoms with Crippen molar-refractivity contribution in [3.8, 4) is 0 Å². The third kappa shape index (κ3) is 6.40. The Morgan fingerprint density at radius 1 is 1.42 bits per heavy atom. The van der Waals surface area contributed by atoms with Gasteiger partial charge in [0, 0.05) is 23.4 Å². The third-order valence-corrected chi connectivity index (χ3v) is 4.59. The lowest BCUT2D eigenvalue weighted by molar-refractivity contribution is 0.0932. The molecule has 0 radical (unpaired) electrons. The Hall–Kier alpha value is -1.14. The molecule has 4 nitrogen and oxygen atoms in total. The van der Waals surface area contributed by atoms with Gasteiger partial charge in [0.15, 0.2) is 0 Å². The first-order valence-electron chi connectivity index (χ1n) is 7.57. The van der Waals surface area contributed by atoms with Gasteiger partial charge in [-0.15, -0.1) is 23.7 Å². The summed E-state index contributed by atoms with van der Waals surface area (Å²) in [4.78, 5) is 16.5. The predicted octanol–water partition coefficient (Wildman–Crippen LogP) is 3.72. The second kappa shape index (κ2) is 9.37. The number of rotatable bonds is 7. The van der Waals surface area contributed by atoms with Gasteiger partial charge >= 0.3 is 0 Å². The van der Waals surface area contributed by atoms with Crippen molar-refractivity contribution in [2.75, 3.05) is 13.1 Å². The lowest BCUT2D eigenvalue weighted by Crippen LogP contribution is -2.35. The Labute approximate surface area is 158 Å². The van der Waals surface area contributed by atoms with Crippen LogP contribution >= 0.6 is 35.3 Å². The summed E-state index contributed by atoms with van der Waals surface area (Å²) in [6, 6.07) is 7.82. The molecule has 0 saturated heterocycles. The molecule has 0 aliphatic carbocycles. The van der Waals surface area contributed by atoms with Crippen LogP contribution in [-0.4, -0.2) is 24.0 Å². The third-order valence-electron chi connectivity index (χ3n) is 3.44. The minimum Gasteiger partial charge on any atom is -0.350 e. The van der Waals surface area contributed by atoms with Gasteiger partial charge in [0.2, 0.25) is 0 Å². The summed E-state index contributed by atoms with van der Waals surface area (Å²) in [5.74, 6) is -0.135. The van der Waals surface area contributed by atoms with E-state index in [1.165, 1.54) is 11.3 Å². The van der Waals surface area contributed by atoms with Gasteiger partial charge in [-0.05, 0) is 36.1 Å². The molecule has 1 heterocycles. The Kier molecular flexibility index (Phi) is 8.16. The van der Waals surface area contributed by atoms with Crippen molar-refractivity contribution in [2.24, 2.45) is 11.1 Å². The Morgan fingerprint density at radius 2 is 2.17 bits per heavy atom. The van der Waals surface area contributed by atoms with Crippen LogP contribution in [-0.2, 0) is 12.8 Å². The quantitative estimate of drug-likeness (QED) is 0.760. The molecular formula is C17H23Cl2N3OS. The summed E-state index contributed by atoms with van der Waals surface area (Å²) in [6.45, 7) is 5.35. The van der Waals surface area contributed by atoms with Crippen molar-refractivity contribution >= 4 is 41.3 Å². The smallest absolute Gasteiger partial charge is 0.270 e. The van der Waals surface area contributed by atoms with E-state index >= 15 is 0 Å². The fraction of sp³-hybridized carbons (Fsp3) is 0.412. The van der Waals surface area contributed by atoms with Crippen molar-refractivity contribution in [3.63, 3.8) is 0 Å². The number of carbonyl (C=O) groups is 1. The van der Waals surface area contributed by atoms with E-state index in [1.54, 1.807) is 5.38 Å². The molecule has 0 aliphatic rings. The Bertz CT molecular complexity index is 673. The summed E-state index contributed by atoms with van der Waals surface area (Å²) >= 11 is 7.50. The largest absolute Gasteiger partial charge is 0.350 e. The first-order valence-corrected chi connectivity index (χ1v) is 8.82. The zero-order valence-electron chi connectivity index (χ0n) is 13.8. The lowest BCUT2D eigenvalue weighted by Gasteiger charge is -2.25. The van der Waals surface area contributed by atoms with E-state index in [-0.39, 0.29) is 23.7 Å². The molecule has 0 aliphatic heterocycles. The van der Waals surface area contributed by atoms with E-state index in [4.69, 9.17) is 17.3 Å². The van der Waals surface area contributed by atoms with Gasteiger partial charge in [0.1, 0.15) is 5.69 Å². The minimum absolute atomic E-state index is 0. The number of thiazole rings is 1. The second-order valence-electron chi connectivity index (χ2n) is 6.32. The lowest BCUT2D eigenvalue weighted by atomic mass is 9.85. The van der Waals surface area contributed by atoms with Crippen LogP contribution in [0.3, 0.4) is 0 Å². The molecule has 0 atom stereocenters. The second-order valence-corrected chi connectivity index (χ2v) is 7.70. The normalized spacial score (nSPS) is 11.0. The van der Waals surface area contributed by atoms with Gasteiger partial charge in [-0.25, -0.2) is 4.98 Å². The van der Waals surface area contributed by atoms with Crippen LogP contribution in [0.4, 0.5) is 0 Å². The Morgan fingerprint density at radius 3 is 2.83 bits per heavy atom. The number of nitrogens with one attached hydrogen (secondary N) is 1. The number of halogens is 2. The molecule has 2 rings (SSSR count). The minimum atomic E-state index is -0.135. The van der Waals surface area contributed by atoms with Gasteiger partial charge in [-0.3, -0.25) is 4.79 Å². The van der Waals surface area contributed by atoms with Gasteiger partial charge in [-0.2, -0.15) is 0 Å². The molecule has 1 aromatic heterocycles. The monoisotopic (exact) mass is 387 g/mol. The first kappa shape index (κ1) is 20.9. The van der Waals surface area contributed by atoms with Crippen molar-refractivity contribution < 1.29 is 4.79 Å². The molecule has 2 aromatic rings. The molecule has 0 spiro atoms. The van der Waals surface area contributed by atoms with Crippen molar-refractivity contribution in [2.45, 2.75) is 26.7 Å². The summed E-state index contributed by atoms with van der Waals surface area (Å²) < 4.78 is 0. The van der Waals surface area contributed by atoms with Crippen LogP contribution in [0.1, 0.15) is 34.9 Å². The van der Waals surface area contributed by atoms with Crippen LogP contribution in [0.2, 0.25) is 5.02 Å². The maximum atomic E-state index is 12.2. The summed E-state index contributed by atoms with van der Waals surface area (Å²) in [6.07, 6.45) is 1.54. The maximum absolute atomic E-state index is 12.2. The molecule has 0 unspecified atom stereocenters. The first-order chi connectivity index (χ1) is 10.9. The highest BCUT2D eigenvalue weighted by Gasteiger charge is 2.21. The highest BCUT2D eigenvalue weighted by molar-refractivity contribution is 7.09. The zero-order chi connectivity index (χ0) is 16.9. The number of aromatic nitrogens is 1. The molecule has 1 amide bonds. The number of nitrogens with zero attached hydrogens (tertiary/aromatic N) is 1. The molecule has 0 bridgehead atoms. The molecule has 7 heteroatoms. The predicted molar refractivity (Wildman–Crippen MR) is 103 cm³/mol. The van der Waals surface area contributed by atoms with Gasteiger partial charge in [-0.1, -0.05) is 37.6 Å². The number of benzene rings is 1. The number of nitrogens with two attached hydrogens (primary N) is 1. The van der Waals surface area contributed by atoms with Gasteiger partial charge in [0.05, 0.1) is 5.01 Å². The van der Waals surface area contributed by atoms with E-state index in [1.807, 2.05) is 18.2 Å². The number of hydrogen-bond donors (Lipinski definition) is 2. The molecule has 3 N–H and O–H groups in total. The number of amides is 1. The van der Waals surface area contributed by atoms with Crippen LogP contribution in [0.5, 0.6) is 0 Å². The van der Waals surface area contributed by atoms with E-state index in [9.17, 15) is 4.79 Å². The van der Waals surface area contributed by atoms with Crippen LogP contribution in [0, 0.1) is 5.41 Å². The molecule has 24 heavy (non-hydrogen) atoms. The fourth-order valence-electron chi connectivity index (χ4n) is 2.33. The average Bonchev–Trinajstić information content (AvgIpc) is 2.93.